The monoisotopic (exact) mass is 565 g/mol. The molecule has 0 saturated heterocycles. The Morgan fingerprint density at radius 2 is 1.75 bits per heavy atom. The van der Waals surface area contributed by atoms with E-state index in [1.165, 1.54) is 6.07 Å². The molecule has 0 radical (unpaired) electrons. The number of aromatic nitrogens is 3. The molecule has 5 aromatic rings. The van der Waals surface area contributed by atoms with Crippen LogP contribution in [0.5, 0.6) is 11.5 Å². The van der Waals surface area contributed by atoms with Gasteiger partial charge in [0.2, 0.25) is 6.79 Å². The van der Waals surface area contributed by atoms with Crippen molar-refractivity contribution in [3.63, 3.8) is 0 Å². The number of H-pyrrole nitrogens is 1. The van der Waals surface area contributed by atoms with Crippen LogP contribution in [0.4, 0.5) is 18.9 Å². The number of carbonyl (C=O) groups is 2. The van der Waals surface area contributed by atoms with Crippen molar-refractivity contribution >= 4 is 39.1 Å². The number of nitrogens with one attached hydrogen (secondary N) is 2. The van der Waals surface area contributed by atoms with E-state index in [1.54, 1.807) is 42.5 Å². The second kappa shape index (κ2) is 9.38. The Labute approximate surface area is 227 Å². The van der Waals surface area contributed by atoms with Crippen LogP contribution >= 0.6 is 11.3 Å². The van der Waals surface area contributed by atoms with Gasteiger partial charge in [0.25, 0.3) is 11.8 Å². The van der Waals surface area contributed by atoms with Crippen molar-refractivity contribution in [1.29, 1.82) is 0 Å². The Hall–Kier alpha value is -4.91. The number of alkyl halides is 3. The number of primary amides is 1. The summed E-state index contributed by atoms with van der Waals surface area (Å²) in [5.74, 6) is -0.479. The van der Waals surface area contributed by atoms with Crippen molar-refractivity contribution in [2.45, 2.75) is 13.1 Å². The van der Waals surface area contributed by atoms with E-state index >= 15 is 0 Å². The van der Waals surface area contributed by atoms with Crippen molar-refractivity contribution < 1.29 is 32.2 Å². The number of hydrogen-bond acceptors (Lipinski definition) is 7. The standard InChI is InChI=1S/C27H18F3N5O4S/c1-12-2-4-13(5-3-12)15-9-20(27(28,29)30)32-26-21(15)22(23(40-26)24(31)36)33-25(37)17-10-16(34-35-17)14-6-7-18-19(8-14)39-11-38-18/h2-10H,11H2,1H3,(H2,31,36)(H,33,37)(H,34,35). The lowest BCUT2D eigenvalue weighted by molar-refractivity contribution is -0.140. The van der Waals surface area contributed by atoms with E-state index in [0.29, 0.717) is 39.7 Å². The fourth-order valence-electron chi connectivity index (χ4n) is 4.32. The van der Waals surface area contributed by atoms with Crippen LogP contribution in [-0.2, 0) is 6.18 Å². The van der Waals surface area contributed by atoms with Crippen molar-refractivity contribution in [1.82, 2.24) is 15.2 Å². The van der Waals surface area contributed by atoms with Gasteiger partial charge in [0.05, 0.1) is 11.4 Å². The minimum absolute atomic E-state index is 0.0338. The summed E-state index contributed by atoms with van der Waals surface area (Å²) in [7, 11) is 0. The number of nitrogens with two attached hydrogens (primary N) is 1. The van der Waals surface area contributed by atoms with E-state index < -0.39 is 23.7 Å². The molecule has 0 atom stereocenters. The van der Waals surface area contributed by atoms with Crippen LogP contribution in [-0.4, -0.2) is 33.8 Å². The highest BCUT2D eigenvalue weighted by molar-refractivity contribution is 7.21. The van der Waals surface area contributed by atoms with Gasteiger partial charge in [-0.05, 0) is 48.4 Å². The van der Waals surface area contributed by atoms with Gasteiger partial charge < -0.3 is 20.5 Å². The molecular weight excluding hydrogens is 547 g/mol. The Morgan fingerprint density at radius 3 is 2.48 bits per heavy atom. The molecule has 2 amide bonds. The molecule has 1 aliphatic rings. The van der Waals surface area contributed by atoms with Crippen LogP contribution in [0.3, 0.4) is 0 Å². The lowest BCUT2D eigenvalue weighted by atomic mass is 10.00. The van der Waals surface area contributed by atoms with E-state index in [2.05, 4.69) is 20.5 Å². The first-order valence-electron chi connectivity index (χ1n) is 11.8. The number of halogens is 3. The molecule has 0 bridgehead atoms. The predicted molar refractivity (Wildman–Crippen MR) is 141 cm³/mol. The Morgan fingerprint density at radius 1 is 1.02 bits per heavy atom. The summed E-state index contributed by atoms with van der Waals surface area (Å²) in [6, 6.07) is 14.4. The molecule has 3 aromatic heterocycles. The summed E-state index contributed by atoms with van der Waals surface area (Å²) in [6.07, 6.45) is -4.74. The van der Waals surface area contributed by atoms with Gasteiger partial charge in [-0.25, -0.2) is 4.98 Å². The number of fused-ring (bicyclic) bond motifs is 2. The summed E-state index contributed by atoms with van der Waals surface area (Å²) in [5, 5.41) is 9.65. The average Bonchev–Trinajstić information content (AvgIpc) is 3.66. The molecule has 6 rings (SSSR count). The Kier molecular flexibility index (Phi) is 5.95. The van der Waals surface area contributed by atoms with Crippen molar-refractivity contribution in [2.75, 3.05) is 12.1 Å². The number of rotatable bonds is 5. The first-order chi connectivity index (χ1) is 19.1. The maximum atomic E-state index is 13.7. The van der Waals surface area contributed by atoms with Crippen LogP contribution in [0.1, 0.15) is 31.4 Å². The number of nitrogens with zero attached hydrogens (tertiary/aromatic N) is 2. The molecule has 0 spiro atoms. The number of benzene rings is 2. The quantitative estimate of drug-likeness (QED) is 0.248. The highest BCUT2D eigenvalue weighted by atomic mass is 32.1. The zero-order valence-electron chi connectivity index (χ0n) is 20.6. The van der Waals surface area contributed by atoms with Gasteiger partial charge in [-0.15, -0.1) is 11.3 Å². The second-order valence-electron chi connectivity index (χ2n) is 8.96. The number of hydrogen-bond donors (Lipinski definition) is 3. The normalized spacial score (nSPS) is 12.6. The highest BCUT2D eigenvalue weighted by Gasteiger charge is 2.35. The van der Waals surface area contributed by atoms with Gasteiger partial charge in [0, 0.05) is 10.9 Å². The third-order valence-electron chi connectivity index (χ3n) is 6.27. The van der Waals surface area contributed by atoms with Crippen LogP contribution in [0, 0.1) is 6.92 Å². The highest BCUT2D eigenvalue weighted by Crippen LogP contribution is 2.44. The molecule has 202 valence electrons. The van der Waals surface area contributed by atoms with Gasteiger partial charge >= 0.3 is 6.18 Å². The molecule has 0 fully saturated rings. The SMILES string of the molecule is Cc1ccc(-c2cc(C(F)(F)F)nc3sc(C(N)=O)c(NC(=O)c4cc(-c5ccc6c(c5)OCO6)n[nH]4)c23)cc1. The first-order valence-corrected chi connectivity index (χ1v) is 12.6. The Bertz CT molecular complexity index is 1810. The van der Waals surface area contributed by atoms with Crippen LogP contribution in [0.2, 0.25) is 0 Å². The van der Waals surface area contributed by atoms with Gasteiger partial charge in [0.1, 0.15) is 21.1 Å². The van der Waals surface area contributed by atoms with Crippen molar-refractivity contribution in [2.24, 2.45) is 5.73 Å². The maximum Gasteiger partial charge on any atom is 0.433 e. The van der Waals surface area contributed by atoms with Gasteiger partial charge in [-0.1, -0.05) is 29.8 Å². The molecule has 4 heterocycles. The smallest absolute Gasteiger partial charge is 0.433 e. The molecule has 2 aromatic carbocycles. The largest absolute Gasteiger partial charge is 0.454 e. The summed E-state index contributed by atoms with van der Waals surface area (Å²) in [6.45, 7) is 1.95. The first kappa shape index (κ1) is 25.4. The molecule has 13 heteroatoms. The summed E-state index contributed by atoms with van der Waals surface area (Å²) in [4.78, 5) is 29.2. The number of aryl methyl sites for hydroxylation is 1. The summed E-state index contributed by atoms with van der Waals surface area (Å²) < 4.78 is 51.9. The summed E-state index contributed by atoms with van der Waals surface area (Å²) >= 11 is 0.673. The Balaban J connectivity index is 1.43. The number of amides is 2. The number of thiophene rings is 1. The lowest BCUT2D eigenvalue weighted by Crippen LogP contribution is -2.17. The molecule has 4 N–H and O–H groups in total. The fourth-order valence-corrected chi connectivity index (χ4v) is 5.33. The number of aromatic amines is 1. The number of carbonyl (C=O) groups excluding carboxylic acids is 2. The minimum atomic E-state index is -4.74. The zero-order chi connectivity index (χ0) is 28.2. The van der Waals surface area contributed by atoms with E-state index in [-0.39, 0.29) is 38.8 Å². The third kappa shape index (κ3) is 4.49. The number of ether oxygens (including phenoxy) is 2. The molecule has 0 aliphatic carbocycles. The number of pyridine rings is 1. The molecule has 40 heavy (non-hydrogen) atoms. The maximum absolute atomic E-state index is 13.7. The molecule has 1 aliphatic heterocycles. The fraction of sp³-hybridized carbons (Fsp3) is 0.111. The molecule has 9 nitrogen and oxygen atoms in total. The van der Waals surface area contributed by atoms with E-state index in [9.17, 15) is 22.8 Å². The van der Waals surface area contributed by atoms with E-state index in [1.807, 2.05) is 6.92 Å². The molecular formula is C27H18F3N5O4S. The van der Waals surface area contributed by atoms with Gasteiger partial charge in [-0.3, -0.25) is 14.7 Å². The number of anilines is 1. The van der Waals surface area contributed by atoms with Crippen LogP contribution in [0.15, 0.2) is 54.6 Å². The van der Waals surface area contributed by atoms with E-state index in [4.69, 9.17) is 15.2 Å². The minimum Gasteiger partial charge on any atom is -0.454 e. The lowest BCUT2D eigenvalue weighted by Gasteiger charge is -2.12. The molecule has 0 unspecified atom stereocenters. The topological polar surface area (TPSA) is 132 Å². The van der Waals surface area contributed by atoms with Crippen LogP contribution in [0.25, 0.3) is 32.6 Å². The summed E-state index contributed by atoms with van der Waals surface area (Å²) in [5.41, 5.74) is 7.03. The van der Waals surface area contributed by atoms with E-state index in [0.717, 1.165) is 11.6 Å². The third-order valence-corrected chi connectivity index (χ3v) is 7.37. The average molecular weight is 566 g/mol. The van der Waals surface area contributed by atoms with Crippen LogP contribution < -0.4 is 20.5 Å². The van der Waals surface area contributed by atoms with Crippen molar-refractivity contribution in [3.8, 4) is 33.9 Å². The second-order valence-corrected chi connectivity index (χ2v) is 9.96. The zero-order valence-corrected chi connectivity index (χ0v) is 21.4. The van der Waals surface area contributed by atoms with Crippen molar-refractivity contribution in [3.05, 3.63) is 76.4 Å². The predicted octanol–water partition coefficient (Wildman–Crippen LogP) is 5.76. The van der Waals surface area contributed by atoms with Gasteiger partial charge in [-0.2, -0.15) is 18.3 Å². The van der Waals surface area contributed by atoms with Gasteiger partial charge in [0.15, 0.2) is 11.5 Å². The molecule has 0 saturated carbocycles.